The van der Waals surface area contributed by atoms with Gasteiger partial charge >= 0.3 is 0 Å². The fourth-order valence-electron chi connectivity index (χ4n) is 1.91. The number of hydrogen-bond donors (Lipinski definition) is 1. The highest BCUT2D eigenvalue weighted by molar-refractivity contribution is 7.92. The van der Waals surface area contributed by atoms with Crippen molar-refractivity contribution < 1.29 is 17.9 Å². The number of sulfone groups is 1. The van der Waals surface area contributed by atoms with Crippen molar-refractivity contribution in [1.82, 2.24) is 5.32 Å². The SMILES string of the molecule is COc1ccc(Cl)cc1CS(=O)(=O)[C@@H](C)C(=O)NC1CC1. The van der Waals surface area contributed by atoms with Crippen molar-refractivity contribution in [3.8, 4) is 5.75 Å². The van der Waals surface area contributed by atoms with Gasteiger partial charge in [0.05, 0.1) is 12.9 Å². The van der Waals surface area contributed by atoms with E-state index in [4.69, 9.17) is 16.3 Å². The van der Waals surface area contributed by atoms with Crippen molar-refractivity contribution in [1.29, 1.82) is 0 Å². The van der Waals surface area contributed by atoms with Crippen LogP contribution in [0, 0.1) is 0 Å². The maximum atomic E-state index is 12.4. The number of ether oxygens (including phenoxy) is 1. The normalized spacial score (nSPS) is 16.3. The van der Waals surface area contributed by atoms with Crippen LogP contribution in [0.5, 0.6) is 5.75 Å². The Morgan fingerprint density at radius 2 is 2.14 bits per heavy atom. The molecule has 1 saturated carbocycles. The second-order valence-electron chi connectivity index (χ2n) is 5.19. The van der Waals surface area contributed by atoms with Crippen LogP contribution in [-0.2, 0) is 20.4 Å². The zero-order chi connectivity index (χ0) is 15.6. The first-order chi connectivity index (χ1) is 9.83. The summed E-state index contributed by atoms with van der Waals surface area (Å²) in [5, 5.41) is 2.04. The molecule has 0 saturated heterocycles. The second-order valence-corrected chi connectivity index (χ2v) is 7.95. The minimum Gasteiger partial charge on any atom is -0.496 e. The summed E-state index contributed by atoms with van der Waals surface area (Å²) in [5.74, 6) is -0.285. The van der Waals surface area contributed by atoms with E-state index in [1.807, 2.05) is 0 Å². The molecule has 1 aromatic rings. The van der Waals surface area contributed by atoms with Crippen LogP contribution in [0.4, 0.5) is 0 Å². The van der Waals surface area contributed by atoms with Crippen LogP contribution in [0.2, 0.25) is 5.02 Å². The molecule has 0 bridgehead atoms. The summed E-state index contributed by atoms with van der Waals surface area (Å²) in [5.41, 5.74) is 0.455. The predicted molar refractivity (Wildman–Crippen MR) is 81.3 cm³/mol. The summed E-state index contributed by atoms with van der Waals surface area (Å²) in [7, 11) is -2.17. The van der Waals surface area contributed by atoms with Crippen molar-refractivity contribution >= 4 is 27.3 Å². The Balaban J connectivity index is 2.16. The number of carbonyl (C=O) groups is 1. The van der Waals surface area contributed by atoms with Crippen LogP contribution < -0.4 is 10.1 Å². The van der Waals surface area contributed by atoms with Gasteiger partial charge in [-0.3, -0.25) is 4.79 Å². The molecule has 0 heterocycles. The topological polar surface area (TPSA) is 72.5 Å². The van der Waals surface area contributed by atoms with Crippen molar-refractivity contribution in [3.05, 3.63) is 28.8 Å². The van der Waals surface area contributed by atoms with Gasteiger partial charge in [-0.25, -0.2) is 8.42 Å². The van der Waals surface area contributed by atoms with Crippen LogP contribution in [0.1, 0.15) is 25.3 Å². The van der Waals surface area contributed by atoms with E-state index in [0.29, 0.717) is 16.3 Å². The average molecular weight is 332 g/mol. The molecule has 1 aliphatic carbocycles. The van der Waals surface area contributed by atoms with E-state index in [9.17, 15) is 13.2 Å². The quantitative estimate of drug-likeness (QED) is 0.864. The molecule has 0 aromatic heterocycles. The van der Waals surface area contributed by atoms with Crippen LogP contribution in [-0.4, -0.2) is 32.7 Å². The zero-order valence-electron chi connectivity index (χ0n) is 11.9. The zero-order valence-corrected chi connectivity index (χ0v) is 13.5. The Morgan fingerprint density at radius 3 is 2.71 bits per heavy atom. The fraction of sp³-hybridized carbons (Fsp3) is 0.500. The van der Waals surface area contributed by atoms with Crippen molar-refractivity contribution in [3.63, 3.8) is 0 Å². The predicted octanol–water partition coefficient (Wildman–Crippen LogP) is 1.93. The Morgan fingerprint density at radius 1 is 1.48 bits per heavy atom. The van der Waals surface area contributed by atoms with Gasteiger partial charge in [0.15, 0.2) is 9.84 Å². The monoisotopic (exact) mass is 331 g/mol. The summed E-state index contributed by atoms with van der Waals surface area (Å²) in [4.78, 5) is 11.9. The first-order valence-electron chi connectivity index (χ1n) is 6.68. The number of carbonyl (C=O) groups excluding carboxylic acids is 1. The van der Waals surface area contributed by atoms with E-state index in [0.717, 1.165) is 12.8 Å². The molecule has 2 rings (SSSR count). The summed E-state index contributed by atoms with van der Waals surface area (Å²) in [6.07, 6.45) is 1.83. The number of benzene rings is 1. The Hall–Kier alpha value is -1.27. The van der Waals surface area contributed by atoms with Gasteiger partial charge in [-0.15, -0.1) is 0 Å². The summed E-state index contributed by atoms with van der Waals surface area (Å²) in [6.45, 7) is 1.41. The number of amides is 1. The van der Waals surface area contributed by atoms with Gasteiger partial charge in [0.25, 0.3) is 0 Å². The molecule has 0 spiro atoms. The molecular formula is C14H18ClNO4S. The van der Waals surface area contributed by atoms with Gasteiger partial charge in [-0.2, -0.15) is 0 Å². The number of nitrogens with one attached hydrogen (secondary N) is 1. The molecule has 1 N–H and O–H groups in total. The highest BCUT2D eigenvalue weighted by Crippen LogP contribution is 2.26. The minimum absolute atomic E-state index is 0.135. The molecule has 1 aliphatic rings. The third kappa shape index (κ3) is 4.11. The van der Waals surface area contributed by atoms with E-state index in [1.54, 1.807) is 18.2 Å². The minimum atomic E-state index is -3.63. The van der Waals surface area contributed by atoms with Crippen LogP contribution in [0.3, 0.4) is 0 Å². The van der Waals surface area contributed by atoms with Crippen LogP contribution in [0.25, 0.3) is 0 Å². The maximum Gasteiger partial charge on any atom is 0.238 e. The van der Waals surface area contributed by atoms with Gasteiger partial charge in [-0.05, 0) is 38.0 Å². The molecule has 116 valence electrons. The second kappa shape index (κ2) is 6.23. The first kappa shape index (κ1) is 16.1. The smallest absolute Gasteiger partial charge is 0.238 e. The van der Waals surface area contributed by atoms with Gasteiger partial charge in [0.2, 0.25) is 5.91 Å². The lowest BCUT2D eigenvalue weighted by Gasteiger charge is -2.14. The molecule has 0 unspecified atom stereocenters. The molecule has 21 heavy (non-hydrogen) atoms. The van der Waals surface area contributed by atoms with Gasteiger partial charge < -0.3 is 10.1 Å². The number of methoxy groups -OCH3 is 1. The van der Waals surface area contributed by atoms with Crippen LogP contribution >= 0.6 is 11.6 Å². The maximum absolute atomic E-state index is 12.4. The number of rotatable bonds is 6. The molecule has 1 aromatic carbocycles. The van der Waals surface area contributed by atoms with E-state index in [2.05, 4.69) is 5.32 Å². The average Bonchev–Trinajstić information content (AvgIpc) is 3.21. The first-order valence-corrected chi connectivity index (χ1v) is 8.77. The molecule has 0 aliphatic heterocycles. The third-order valence-corrected chi connectivity index (χ3v) is 5.67. The van der Waals surface area contributed by atoms with E-state index in [1.165, 1.54) is 14.0 Å². The van der Waals surface area contributed by atoms with Crippen LogP contribution in [0.15, 0.2) is 18.2 Å². The molecule has 5 nitrogen and oxygen atoms in total. The Bertz CT molecular complexity index is 640. The van der Waals surface area contributed by atoms with Crippen molar-refractivity contribution in [2.75, 3.05) is 7.11 Å². The summed E-state index contributed by atoms with van der Waals surface area (Å²) < 4.78 is 29.9. The lowest BCUT2D eigenvalue weighted by Crippen LogP contribution is -2.39. The highest BCUT2D eigenvalue weighted by Gasteiger charge is 2.32. The van der Waals surface area contributed by atoms with E-state index in [-0.39, 0.29) is 11.8 Å². The molecule has 1 fully saturated rings. The van der Waals surface area contributed by atoms with Crippen molar-refractivity contribution in [2.24, 2.45) is 0 Å². The Labute approximate surface area is 129 Å². The third-order valence-electron chi connectivity index (χ3n) is 3.43. The fourth-order valence-corrected chi connectivity index (χ4v) is 3.41. The highest BCUT2D eigenvalue weighted by atomic mass is 35.5. The summed E-state index contributed by atoms with van der Waals surface area (Å²) >= 11 is 5.89. The molecule has 1 amide bonds. The summed E-state index contributed by atoms with van der Waals surface area (Å²) in [6, 6.07) is 4.92. The van der Waals surface area contributed by atoms with Gasteiger partial charge in [0.1, 0.15) is 11.0 Å². The van der Waals surface area contributed by atoms with E-state index < -0.39 is 21.0 Å². The number of halogens is 1. The number of hydrogen-bond acceptors (Lipinski definition) is 4. The molecular weight excluding hydrogens is 314 g/mol. The largest absolute Gasteiger partial charge is 0.496 e. The van der Waals surface area contributed by atoms with Crippen molar-refractivity contribution in [2.45, 2.75) is 36.8 Å². The standard InChI is InChI=1S/C14H18ClNO4S/c1-9(14(17)16-12-4-5-12)21(18,19)8-10-7-11(15)3-6-13(10)20-2/h3,6-7,9,12H,4-5,8H2,1-2H3,(H,16,17)/t9-/m0/s1. The van der Waals surface area contributed by atoms with Gasteiger partial charge in [-0.1, -0.05) is 11.6 Å². The molecule has 1 atom stereocenters. The molecule has 7 heteroatoms. The lowest BCUT2D eigenvalue weighted by atomic mass is 10.2. The molecule has 0 radical (unpaired) electrons. The van der Waals surface area contributed by atoms with E-state index >= 15 is 0 Å². The Kier molecular flexibility index (Phi) is 4.78. The lowest BCUT2D eigenvalue weighted by molar-refractivity contribution is -0.120. The van der Waals surface area contributed by atoms with Gasteiger partial charge in [0, 0.05) is 16.6 Å².